The van der Waals surface area contributed by atoms with Gasteiger partial charge in [0, 0.05) is 35.2 Å². The van der Waals surface area contributed by atoms with Crippen molar-refractivity contribution in [1.29, 1.82) is 0 Å². The summed E-state index contributed by atoms with van der Waals surface area (Å²) < 4.78 is 11.4. The number of nitrogens with one attached hydrogen (secondary N) is 1. The van der Waals surface area contributed by atoms with Crippen molar-refractivity contribution in [2.24, 2.45) is 5.10 Å². The molecule has 1 heterocycles. The average molecular weight is 369 g/mol. The number of nitro benzene ring substituents is 1. The molecule has 3 rings (SSSR count). The first kappa shape index (κ1) is 18.4. The Balaban J connectivity index is 1.73. The Morgan fingerprint density at radius 3 is 2.81 bits per heavy atom. The van der Waals surface area contributed by atoms with E-state index in [0.717, 1.165) is 17.7 Å². The molecule has 0 saturated carbocycles. The molecule has 140 valence electrons. The molecule has 8 heteroatoms. The minimum absolute atomic E-state index is 0.0798. The number of ether oxygens (including phenoxy) is 2. The standard InChI is InChI=1S/C19H19N3O5/c1-3-26-17-9-14-8-12(2)27-18(14)10-15(17)11-20-21-19(23)13-4-6-16(7-5-13)22(24)25/h4-7,9-12H,3,8H2,1-2H3,(H,21,23)/b20-11-/t12-/m0/s1. The molecule has 0 aliphatic carbocycles. The Bertz CT molecular complexity index is 893. The van der Waals surface area contributed by atoms with E-state index in [1.54, 1.807) is 0 Å². The molecule has 1 aliphatic heterocycles. The molecule has 2 aromatic carbocycles. The van der Waals surface area contributed by atoms with Crippen molar-refractivity contribution in [1.82, 2.24) is 5.43 Å². The maximum absolute atomic E-state index is 12.1. The van der Waals surface area contributed by atoms with Gasteiger partial charge in [0.1, 0.15) is 17.6 Å². The first-order valence-electron chi connectivity index (χ1n) is 8.52. The van der Waals surface area contributed by atoms with Crippen LogP contribution in [-0.2, 0) is 6.42 Å². The molecule has 1 atom stereocenters. The van der Waals surface area contributed by atoms with Crippen LogP contribution < -0.4 is 14.9 Å². The van der Waals surface area contributed by atoms with Gasteiger partial charge < -0.3 is 9.47 Å². The summed E-state index contributed by atoms with van der Waals surface area (Å²) in [6, 6.07) is 9.06. The SMILES string of the molecule is CCOc1cc2c(cc1/C=N\NC(=O)c1ccc([N+](=O)[O-])cc1)O[C@@H](C)C2. The van der Waals surface area contributed by atoms with Crippen LogP contribution in [0.15, 0.2) is 41.5 Å². The van der Waals surface area contributed by atoms with Crippen LogP contribution in [0.3, 0.4) is 0 Å². The van der Waals surface area contributed by atoms with Crippen molar-refractivity contribution in [2.75, 3.05) is 6.61 Å². The van der Waals surface area contributed by atoms with Crippen LogP contribution >= 0.6 is 0 Å². The van der Waals surface area contributed by atoms with Crippen molar-refractivity contribution >= 4 is 17.8 Å². The topological polar surface area (TPSA) is 103 Å². The van der Waals surface area contributed by atoms with Crippen LogP contribution in [0.4, 0.5) is 5.69 Å². The molecule has 0 spiro atoms. The largest absolute Gasteiger partial charge is 0.493 e. The number of amides is 1. The summed E-state index contributed by atoms with van der Waals surface area (Å²) in [5.74, 6) is 0.988. The monoisotopic (exact) mass is 369 g/mol. The quantitative estimate of drug-likeness (QED) is 0.479. The van der Waals surface area contributed by atoms with E-state index in [4.69, 9.17) is 9.47 Å². The second-order valence-electron chi connectivity index (χ2n) is 6.07. The second kappa shape index (κ2) is 7.86. The smallest absolute Gasteiger partial charge is 0.271 e. The van der Waals surface area contributed by atoms with Gasteiger partial charge in [0.05, 0.1) is 17.7 Å². The predicted molar refractivity (Wildman–Crippen MR) is 99.6 cm³/mol. The first-order valence-corrected chi connectivity index (χ1v) is 8.52. The summed E-state index contributed by atoms with van der Waals surface area (Å²) in [4.78, 5) is 22.2. The van der Waals surface area contributed by atoms with E-state index in [1.165, 1.54) is 30.5 Å². The van der Waals surface area contributed by atoms with Gasteiger partial charge in [-0.2, -0.15) is 5.10 Å². The van der Waals surface area contributed by atoms with Crippen LogP contribution in [0, 0.1) is 10.1 Å². The molecule has 0 bridgehead atoms. The van der Waals surface area contributed by atoms with Crippen LogP contribution in [0.1, 0.15) is 35.3 Å². The highest BCUT2D eigenvalue weighted by Crippen LogP contribution is 2.34. The summed E-state index contributed by atoms with van der Waals surface area (Å²) >= 11 is 0. The summed E-state index contributed by atoms with van der Waals surface area (Å²) in [6.07, 6.45) is 2.42. The van der Waals surface area contributed by atoms with Gasteiger partial charge in [-0.3, -0.25) is 14.9 Å². The van der Waals surface area contributed by atoms with Gasteiger partial charge in [-0.15, -0.1) is 0 Å². The second-order valence-corrected chi connectivity index (χ2v) is 6.07. The van der Waals surface area contributed by atoms with E-state index in [2.05, 4.69) is 10.5 Å². The number of nitrogens with zero attached hydrogens (tertiary/aromatic N) is 2. The van der Waals surface area contributed by atoms with Crippen LogP contribution in [0.25, 0.3) is 0 Å². The van der Waals surface area contributed by atoms with E-state index < -0.39 is 10.8 Å². The third-order valence-electron chi connectivity index (χ3n) is 4.04. The summed E-state index contributed by atoms with van der Waals surface area (Å²) in [6.45, 7) is 4.40. The lowest BCUT2D eigenvalue weighted by atomic mass is 10.1. The Hall–Kier alpha value is -3.42. The molecule has 1 aliphatic rings. The van der Waals surface area contributed by atoms with Gasteiger partial charge >= 0.3 is 0 Å². The fourth-order valence-corrected chi connectivity index (χ4v) is 2.80. The van der Waals surface area contributed by atoms with E-state index in [9.17, 15) is 14.9 Å². The highest BCUT2D eigenvalue weighted by Gasteiger charge is 2.21. The fraction of sp³-hybridized carbons (Fsp3) is 0.263. The number of nitro groups is 1. The number of hydrogen-bond acceptors (Lipinski definition) is 6. The highest BCUT2D eigenvalue weighted by molar-refractivity contribution is 5.95. The molecule has 0 fully saturated rings. The lowest BCUT2D eigenvalue weighted by Gasteiger charge is -2.09. The fourth-order valence-electron chi connectivity index (χ4n) is 2.80. The number of non-ortho nitro benzene ring substituents is 1. The summed E-state index contributed by atoms with van der Waals surface area (Å²) in [5.41, 5.74) is 4.37. The number of benzene rings is 2. The minimum Gasteiger partial charge on any atom is -0.493 e. The maximum Gasteiger partial charge on any atom is 0.271 e. The van der Waals surface area contributed by atoms with Gasteiger partial charge in [-0.1, -0.05) is 0 Å². The molecule has 0 aromatic heterocycles. The van der Waals surface area contributed by atoms with Crippen molar-refractivity contribution in [3.05, 3.63) is 63.2 Å². The van der Waals surface area contributed by atoms with E-state index in [0.29, 0.717) is 17.9 Å². The molecule has 27 heavy (non-hydrogen) atoms. The van der Waals surface area contributed by atoms with Crippen molar-refractivity contribution in [2.45, 2.75) is 26.4 Å². The van der Waals surface area contributed by atoms with Gasteiger partial charge in [0.25, 0.3) is 11.6 Å². The molecule has 0 saturated heterocycles. The van der Waals surface area contributed by atoms with E-state index in [-0.39, 0.29) is 17.4 Å². The molecular weight excluding hydrogens is 350 g/mol. The van der Waals surface area contributed by atoms with Crippen molar-refractivity contribution in [3.8, 4) is 11.5 Å². The summed E-state index contributed by atoms with van der Waals surface area (Å²) in [5, 5.41) is 14.6. The molecule has 0 unspecified atom stereocenters. The van der Waals surface area contributed by atoms with Gasteiger partial charge in [-0.05, 0) is 38.1 Å². The Labute approximate surface area is 155 Å². The first-order chi connectivity index (χ1) is 13.0. The molecule has 1 N–H and O–H groups in total. The average Bonchev–Trinajstić information content (AvgIpc) is 3.01. The zero-order valence-electron chi connectivity index (χ0n) is 15.0. The number of hydrogen-bond donors (Lipinski definition) is 1. The molecule has 2 aromatic rings. The van der Waals surface area contributed by atoms with Crippen LogP contribution in [0.5, 0.6) is 11.5 Å². The zero-order chi connectivity index (χ0) is 19.4. The van der Waals surface area contributed by atoms with Gasteiger partial charge in [0.15, 0.2) is 0 Å². The molecule has 1 amide bonds. The Morgan fingerprint density at radius 1 is 1.41 bits per heavy atom. The van der Waals surface area contributed by atoms with Gasteiger partial charge in [-0.25, -0.2) is 5.43 Å². The zero-order valence-corrected chi connectivity index (χ0v) is 15.0. The van der Waals surface area contributed by atoms with Gasteiger partial charge in [0.2, 0.25) is 0 Å². The van der Waals surface area contributed by atoms with E-state index in [1.807, 2.05) is 26.0 Å². The third-order valence-corrected chi connectivity index (χ3v) is 4.04. The molecule has 8 nitrogen and oxygen atoms in total. The van der Waals surface area contributed by atoms with E-state index >= 15 is 0 Å². The Kier molecular flexibility index (Phi) is 5.35. The van der Waals surface area contributed by atoms with Crippen LogP contribution in [-0.4, -0.2) is 29.8 Å². The lowest BCUT2D eigenvalue weighted by Crippen LogP contribution is -2.17. The Morgan fingerprint density at radius 2 is 2.15 bits per heavy atom. The predicted octanol–water partition coefficient (Wildman–Crippen LogP) is 3.08. The van der Waals surface area contributed by atoms with Crippen molar-refractivity contribution in [3.63, 3.8) is 0 Å². The minimum atomic E-state index is -0.522. The lowest BCUT2D eigenvalue weighted by molar-refractivity contribution is -0.384. The molecule has 0 radical (unpaired) electrons. The van der Waals surface area contributed by atoms with Crippen molar-refractivity contribution < 1.29 is 19.2 Å². The number of carbonyl (C=O) groups is 1. The maximum atomic E-state index is 12.1. The van der Waals surface area contributed by atoms with Crippen LogP contribution in [0.2, 0.25) is 0 Å². The number of hydrazone groups is 1. The number of carbonyl (C=O) groups excluding carboxylic acids is 1. The number of rotatable bonds is 6. The normalized spacial score (nSPS) is 15.3. The molecular formula is C19H19N3O5. The third kappa shape index (κ3) is 4.22. The number of fused-ring (bicyclic) bond motifs is 1. The summed E-state index contributed by atoms with van der Waals surface area (Å²) in [7, 11) is 0. The highest BCUT2D eigenvalue weighted by atomic mass is 16.6.